The molecule has 1 aliphatic heterocycles. The van der Waals surface area contributed by atoms with Crippen molar-refractivity contribution in [1.29, 1.82) is 0 Å². The number of nitrogens with two attached hydrogens (primary N) is 1. The van der Waals surface area contributed by atoms with Crippen LogP contribution in [0.15, 0.2) is 6.07 Å². The Kier molecular flexibility index (Phi) is 2.92. The predicted molar refractivity (Wildman–Crippen MR) is 69.5 cm³/mol. The lowest BCUT2D eigenvalue weighted by molar-refractivity contribution is 0.0795. The van der Waals surface area contributed by atoms with Crippen LogP contribution in [-0.4, -0.2) is 29.9 Å². The van der Waals surface area contributed by atoms with E-state index in [0.29, 0.717) is 0 Å². The van der Waals surface area contributed by atoms with E-state index in [-0.39, 0.29) is 11.9 Å². The number of carbonyl (C=O) groups is 1. The molecule has 0 aromatic carbocycles. The highest BCUT2D eigenvalue weighted by Crippen LogP contribution is 2.30. The van der Waals surface area contributed by atoms with Crippen LogP contribution in [0, 0.1) is 0 Å². The van der Waals surface area contributed by atoms with Gasteiger partial charge < -0.3 is 10.6 Å². The molecule has 2 aliphatic rings. The van der Waals surface area contributed by atoms with E-state index in [0.717, 1.165) is 37.2 Å². The molecule has 1 aliphatic carbocycles. The molecule has 3 nitrogen and oxygen atoms in total. The quantitative estimate of drug-likeness (QED) is 0.826. The van der Waals surface area contributed by atoms with Crippen molar-refractivity contribution in [3.8, 4) is 0 Å². The highest BCUT2D eigenvalue weighted by atomic mass is 32.1. The molecular weight excluding hydrogens is 232 g/mol. The lowest BCUT2D eigenvalue weighted by Crippen LogP contribution is -2.31. The van der Waals surface area contributed by atoms with Crippen LogP contribution in [0.4, 0.5) is 0 Å². The minimum atomic E-state index is 0.175. The molecule has 1 aromatic rings. The topological polar surface area (TPSA) is 46.3 Å². The van der Waals surface area contributed by atoms with Crippen LogP contribution in [-0.2, 0) is 12.8 Å². The Hall–Kier alpha value is -0.870. The van der Waals surface area contributed by atoms with Crippen LogP contribution in [0.2, 0.25) is 0 Å². The maximum Gasteiger partial charge on any atom is 0.263 e. The number of nitrogens with zero attached hydrogens (tertiary/aromatic N) is 1. The smallest absolute Gasteiger partial charge is 0.263 e. The molecule has 1 atom stereocenters. The highest BCUT2D eigenvalue weighted by Gasteiger charge is 2.26. The van der Waals surface area contributed by atoms with Crippen molar-refractivity contribution in [3.63, 3.8) is 0 Å². The number of rotatable bonds is 1. The summed E-state index contributed by atoms with van der Waals surface area (Å²) in [5.74, 6) is 0.192. The van der Waals surface area contributed by atoms with Gasteiger partial charge in [-0.05, 0) is 43.7 Å². The van der Waals surface area contributed by atoms with E-state index < -0.39 is 0 Å². The lowest BCUT2D eigenvalue weighted by Gasteiger charge is -2.14. The molecule has 17 heavy (non-hydrogen) atoms. The Morgan fingerprint density at radius 1 is 1.41 bits per heavy atom. The number of carbonyl (C=O) groups excluding carboxylic acids is 1. The van der Waals surface area contributed by atoms with Crippen LogP contribution in [0.1, 0.15) is 39.4 Å². The monoisotopic (exact) mass is 250 g/mol. The van der Waals surface area contributed by atoms with Crippen LogP contribution in [0.3, 0.4) is 0 Å². The SMILES string of the molecule is NC1CCN(C(=O)c2cc3c(s2)CCCC3)C1. The maximum absolute atomic E-state index is 12.3. The molecule has 1 amide bonds. The Balaban J connectivity index is 1.79. The van der Waals surface area contributed by atoms with Crippen LogP contribution in [0.25, 0.3) is 0 Å². The number of hydrogen-bond donors (Lipinski definition) is 1. The average molecular weight is 250 g/mol. The number of fused-ring (bicyclic) bond motifs is 1. The van der Waals surface area contributed by atoms with Crippen LogP contribution in [0.5, 0.6) is 0 Å². The molecule has 92 valence electrons. The first-order chi connectivity index (χ1) is 8.24. The van der Waals surface area contributed by atoms with Gasteiger partial charge in [-0.3, -0.25) is 4.79 Å². The number of aryl methyl sites for hydroxylation is 2. The van der Waals surface area contributed by atoms with Gasteiger partial charge in [0.2, 0.25) is 0 Å². The van der Waals surface area contributed by atoms with Crippen molar-refractivity contribution in [3.05, 3.63) is 21.4 Å². The average Bonchev–Trinajstić information content (AvgIpc) is 2.93. The van der Waals surface area contributed by atoms with E-state index >= 15 is 0 Å². The van der Waals surface area contributed by atoms with Gasteiger partial charge in [0.1, 0.15) is 0 Å². The molecule has 4 heteroatoms. The Morgan fingerprint density at radius 2 is 2.24 bits per heavy atom. The zero-order chi connectivity index (χ0) is 11.8. The number of amides is 1. The van der Waals surface area contributed by atoms with Gasteiger partial charge in [0.25, 0.3) is 5.91 Å². The number of thiophene rings is 1. The first-order valence-corrected chi connectivity index (χ1v) is 7.22. The molecular formula is C13H18N2OS. The van der Waals surface area contributed by atoms with Gasteiger partial charge in [-0.25, -0.2) is 0 Å². The van der Waals surface area contributed by atoms with Crippen LogP contribution < -0.4 is 5.73 Å². The predicted octanol–water partition coefficient (Wildman–Crippen LogP) is 1.80. The summed E-state index contributed by atoms with van der Waals surface area (Å²) < 4.78 is 0. The fourth-order valence-corrected chi connectivity index (χ4v) is 3.95. The summed E-state index contributed by atoms with van der Waals surface area (Å²) in [7, 11) is 0. The molecule has 0 bridgehead atoms. The third-order valence-electron chi connectivity index (χ3n) is 3.72. The molecule has 1 saturated heterocycles. The summed E-state index contributed by atoms with van der Waals surface area (Å²) in [5.41, 5.74) is 7.26. The Bertz CT molecular complexity index is 417. The molecule has 1 aromatic heterocycles. The standard InChI is InChI=1S/C13H18N2OS/c14-10-5-6-15(8-10)13(16)12-7-9-3-1-2-4-11(9)17-12/h7,10H,1-6,8,14H2. The summed E-state index contributed by atoms with van der Waals surface area (Å²) in [6.07, 6.45) is 5.80. The van der Waals surface area contributed by atoms with Crippen molar-refractivity contribution in [2.75, 3.05) is 13.1 Å². The van der Waals surface area contributed by atoms with Gasteiger partial charge in [0, 0.05) is 24.0 Å². The van der Waals surface area contributed by atoms with E-state index in [1.165, 1.54) is 23.3 Å². The molecule has 0 saturated carbocycles. The third kappa shape index (κ3) is 2.11. The second kappa shape index (κ2) is 4.42. The minimum Gasteiger partial charge on any atom is -0.336 e. The zero-order valence-electron chi connectivity index (χ0n) is 9.95. The normalized spacial score (nSPS) is 23.8. The molecule has 3 rings (SSSR count). The van der Waals surface area contributed by atoms with Gasteiger partial charge in [-0.1, -0.05) is 0 Å². The summed E-state index contributed by atoms with van der Waals surface area (Å²) in [6.45, 7) is 1.55. The molecule has 2 heterocycles. The van der Waals surface area contributed by atoms with Gasteiger partial charge in [-0.2, -0.15) is 0 Å². The molecule has 1 fully saturated rings. The van der Waals surface area contributed by atoms with Gasteiger partial charge in [0.05, 0.1) is 4.88 Å². The molecule has 0 spiro atoms. The number of likely N-dealkylation sites (tertiary alicyclic amines) is 1. The van der Waals surface area contributed by atoms with E-state index in [1.807, 2.05) is 4.90 Å². The van der Waals surface area contributed by atoms with Crippen LogP contribution >= 0.6 is 11.3 Å². The van der Waals surface area contributed by atoms with Crippen molar-refractivity contribution < 1.29 is 4.79 Å². The minimum absolute atomic E-state index is 0.175. The number of hydrogen-bond acceptors (Lipinski definition) is 3. The summed E-state index contributed by atoms with van der Waals surface area (Å²) >= 11 is 1.70. The molecule has 1 unspecified atom stereocenters. The van der Waals surface area contributed by atoms with Crippen molar-refractivity contribution in [2.45, 2.75) is 38.1 Å². The van der Waals surface area contributed by atoms with Crippen molar-refractivity contribution in [1.82, 2.24) is 4.90 Å². The van der Waals surface area contributed by atoms with E-state index in [9.17, 15) is 4.79 Å². The van der Waals surface area contributed by atoms with Crippen molar-refractivity contribution >= 4 is 17.2 Å². The van der Waals surface area contributed by atoms with E-state index in [4.69, 9.17) is 5.73 Å². The van der Waals surface area contributed by atoms with Gasteiger partial charge in [-0.15, -0.1) is 11.3 Å². The van der Waals surface area contributed by atoms with Gasteiger partial charge >= 0.3 is 0 Å². The van der Waals surface area contributed by atoms with Crippen molar-refractivity contribution in [2.24, 2.45) is 5.73 Å². The third-order valence-corrected chi connectivity index (χ3v) is 4.94. The molecule has 2 N–H and O–H groups in total. The molecule has 0 radical (unpaired) electrons. The highest BCUT2D eigenvalue weighted by molar-refractivity contribution is 7.14. The summed E-state index contributed by atoms with van der Waals surface area (Å²) in [6, 6.07) is 2.29. The second-order valence-corrected chi connectivity index (χ2v) is 6.20. The van der Waals surface area contributed by atoms with E-state index in [2.05, 4.69) is 6.07 Å². The summed E-state index contributed by atoms with van der Waals surface area (Å²) in [4.78, 5) is 16.6. The maximum atomic E-state index is 12.3. The fourth-order valence-electron chi connectivity index (χ4n) is 2.72. The van der Waals surface area contributed by atoms with E-state index in [1.54, 1.807) is 11.3 Å². The first-order valence-electron chi connectivity index (χ1n) is 6.40. The largest absolute Gasteiger partial charge is 0.336 e. The zero-order valence-corrected chi connectivity index (χ0v) is 10.8. The first kappa shape index (κ1) is 11.2. The van der Waals surface area contributed by atoms with Gasteiger partial charge in [0.15, 0.2) is 0 Å². The second-order valence-electron chi connectivity index (χ2n) is 5.07. The Morgan fingerprint density at radius 3 is 2.94 bits per heavy atom. The lowest BCUT2D eigenvalue weighted by atomic mass is 9.99. The Labute approximate surface area is 106 Å². The fraction of sp³-hybridized carbons (Fsp3) is 0.615. The summed E-state index contributed by atoms with van der Waals surface area (Å²) in [5, 5.41) is 0.